The number of nitrogens with two attached hydrogens (primary N) is 1. The van der Waals surface area contributed by atoms with Gasteiger partial charge in [-0.15, -0.1) is 5.10 Å². The van der Waals surface area contributed by atoms with Gasteiger partial charge in [0.2, 0.25) is 5.91 Å². The van der Waals surface area contributed by atoms with Gasteiger partial charge in [0.05, 0.1) is 11.7 Å². The molecule has 1 aromatic heterocycles. The highest BCUT2D eigenvalue weighted by atomic mass is 16.2. The largest absolute Gasteiger partial charge is 0.325 e. The van der Waals surface area contributed by atoms with E-state index in [2.05, 4.69) is 20.8 Å². The minimum atomic E-state index is -0.533. The van der Waals surface area contributed by atoms with Gasteiger partial charge >= 0.3 is 0 Å². The quantitative estimate of drug-likeness (QED) is 0.772. The maximum atomic E-state index is 11.4. The smallest absolute Gasteiger partial charge is 0.240 e. The zero-order valence-corrected chi connectivity index (χ0v) is 9.24. The number of hydrogen-bond acceptors (Lipinski definition) is 5. The van der Waals surface area contributed by atoms with Crippen LogP contribution < -0.4 is 11.1 Å². The van der Waals surface area contributed by atoms with E-state index in [1.807, 2.05) is 0 Å². The van der Waals surface area contributed by atoms with Crippen molar-refractivity contribution in [3.8, 4) is 5.69 Å². The summed E-state index contributed by atoms with van der Waals surface area (Å²) in [7, 11) is 0. The molecule has 0 aliphatic heterocycles. The van der Waals surface area contributed by atoms with Crippen LogP contribution in [0.25, 0.3) is 5.69 Å². The van der Waals surface area contributed by atoms with Crippen molar-refractivity contribution < 1.29 is 4.79 Å². The van der Waals surface area contributed by atoms with Crippen molar-refractivity contribution in [3.05, 3.63) is 30.6 Å². The molecule has 1 atom stereocenters. The Morgan fingerprint density at radius 2 is 2.12 bits per heavy atom. The van der Waals surface area contributed by atoms with Gasteiger partial charge in [0.15, 0.2) is 0 Å². The van der Waals surface area contributed by atoms with Crippen LogP contribution in [0.3, 0.4) is 0 Å². The number of carbonyl (C=O) groups excluding carboxylic acids is 1. The van der Waals surface area contributed by atoms with Crippen molar-refractivity contribution in [2.24, 2.45) is 5.73 Å². The predicted molar refractivity (Wildman–Crippen MR) is 61.4 cm³/mol. The molecule has 2 rings (SSSR count). The second-order valence-electron chi connectivity index (χ2n) is 3.58. The maximum Gasteiger partial charge on any atom is 0.240 e. The molecule has 0 radical (unpaired) electrons. The van der Waals surface area contributed by atoms with E-state index in [0.717, 1.165) is 5.69 Å². The fourth-order valence-corrected chi connectivity index (χ4v) is 1.23. The molecule has 0 saturated carbocycles. The zero-order valence-electron chi connectivity index (χ0n) is 9.24. The average molecular weight is 232 g/mol. The Morgan fingerprint density at radius 3 is 2.65 bits per heavy atom. The van der Waals surface area contributed by atoms with Crippen LogP contribution in [0.5, 0.6) is 0 Å². The number of nitrogens with one attached hydrogen (secondary N) is 1. The van der Waals surface area contributed by atoms with E-state index in [4.69, 9.17) is 5.73 Å². The lowest BCUT2D eigenvalue weighted by molar-refractivity contribution is -0.117. The highest BCUT2D eigenvalue weighted by Gasteiger charge is 2.07. The molecule has 0 aliphatic rings. The van der Waals surface area contributed by atoms with E-state index in [9.17, 15) is 4.79 Å². The zero-order chi connectivity index (χ0) is 12.3. The lowest BCUT2D eigenvalue weighted by atomic mass is 10.2. The Morgan fingerprint density at radius 1 is 1.41 bits per heavy atom. The average Bonchev–Trinajstić information content (AvgIpc) is 2.83. The maximum absolute atomic E-state index is 11.4. The van der Waals surface area contributed by atoms with Crippen LogP contribution in [-0.4, -0.2) is 32.2 Å². The first-order valence-electron chi connectivity index (χ1n) is 5.06. The summed E-state index contributed by atoms with van der Waals surface area (Å²) in [4.78, 5) is 11.4. The topological polar surface area (TPSA) is 98.7 Å². The molecule has 0 bridgehead atoms. The van der Waals surface area contributed by atoms with Crippen LogP contribution in [0, 0.1) is 0 Å². The van der Waals surface area contributed by atoms with Crippen molar-refractivity contribution in [2.75, 3.05) is 5.32 Å². The molecule has 7 nitrogen and oxygen atoms in total. The summed E-state index contributed by atoms with van der Waals surface area (Å²) >= 11 is 0. The Bertz CT molecular complexity index is 490. The Kier molecular flexibility index (Phi) is 3.10. The van der Waals surface area contributed by atoms with Gasteiger partial charge in [-0.25, -0.2) is 4.68 Å². The molecule has 1 aromatic carbocycles. The van der Waals surface area contributed by atoms with Crippen molar-refractivity contribution in [2.45, 2.75) is 13.0 Å². The second-order valence-corrected chi connectivity index (χ2v) is 3.58. The van der Waals surface area contributed by atoms with Crippen LogP contribution in [0.1, 0.15) is 6.92 Å². The molecular formula is C10H12N6O. The Labute approximate surface area is 97.6 Å². The third-order valence-electron chi connectivity index (χ3n) is 2.16. The fraction of sp³-hybridized carbons (Fsp3) is 0.200. The third kappa shape index (κ3) is 2.64. The summed E-state index contributed by atoms with van der Waals surface area (Å²) in [5.74, 6) is -0.222. The first kappa shape index (κ1) is 11.2. The van der Waals surface area contributed by atoms with Gasteiger partial charge < -0.3 is 11.1 Å². The summed E-state index contributed by atoms with van der Waals surface area (Å²) in [6.45, 7) is 1.63. The molecule has 88 valence electrons. The SMILES string of the molecule is CC(N)C(=O)Nc1ccc(-n2cnnn2)cc1. The van der Waals surface area contributed by atoms with Crippen molar-refractivity contribution in [1.29, 1.82) is 0 Å². The monoisotopic (exact) mass is 232 g/mol. The van der Waals surface area contributed by atoms with E-state index in [1.165, 1.54) is 11.0 Å². The van der Waals surface area contributed by atoms with Crippen molar-refractivity contribution >= 4 is 11.6 Å². The van der Waals surface area contributed by atoms with E-state index in [-0.39, 0.29) is 5.91 Å². The molecule has 7 heteroatoms. The van der Waals surface area contributed by atoms with Gasteiger partial charge in [0.25, 0.3) is 0 Å². The minimum Gasteiger partial charge on any atom is -0.325 e. The molecular weight excluding hydrogens is 220 g/mol. The lowest BCUT2D eigenvalue weighted by Gasteiger charge is -2.08. The first-order chi connectivity index (χ1) is 8.16. The normalized spacial score (nSPS) is 12.1. The van der Waals surface area contributed by atoms with Gasteiger partial charge in [0.1, 0.15) is 6.33 Å². The summed E-state index contributed by atoms with van der Waals surface area (Å²) in [5.41, 5.74) is 6.95. The van der Waals surface area contributed by atoms with Crippen molar-refractivity contribution in [1.82, 2.24) is 20.2 Å². The number of carbonyl (C=O) groups is 1. The van der Waals surface area contributed by atoms with Crippen LogP contribution in [-0.2, 0) is 4.79 Å². The lowest BCUT2D eigenvalue weighted by Crippen LogP contribution is -2.32. The summed E-state index contributed by atoms with van der Waals surface area (Å²) in [5, 5.41) is 13.5. The number of hydrogen-bond donors (Lipinski definition) is 2. The number of anilines is 1. The van der Waals surface area contributed by atoms with Gasteiger partial charge in [0, 0.05) is 5.69 Å². The van der Waals surface area contributed by atoms with Gasteiger partial charge in [-0.05, 0) is 41.6 Å². The highest BCUT2D eigenvalue weighted by molar-refractivity contribution is 5.94. The standard InChI is InChI=1S/C10H12N6O/c1-7(11)10(17)13-8-2-4-9(5-3-8)16-6-12-14-15-16/h2-7H,11H2,1H3,(H,13,17). The molecule has 0 fully saturated rings. The van der Waals surface area contributed by atoms with E-state index in [1.54, 1.807) is 31.2 Å². The van der Waals surface area contributed by atoms with E-state index < -0.39 is 6.04 Å². The minimum absolute atomic E-state index is 0.222. The number of benzene rings is 1. The molecule has 0 saturated heterocycles. The van der Waals surface area contributed by atoms with Crippen LogP contribution >= 0.6 is 0 Å². The number of rotatable bonds is 3. The van der Waals surface area contributed by atoms with Gasteiger partial charge in [-0.1, -0.05) is 0 Å². The fourth-order valence-electron chi connectivity index (χ4n) is 1.23. The van der Waals surface area contributed by atoms with E-state index in [0.29, 0.717) is 5.69 Å². The van der Waals surface area contributed by atoms with Gasteiger partial charge in [-0.2, -0.15) is 0 Å². The predicted octanol–water partition coefficient (Wildman–Crippen LogP) is -0.0520. The summed E-state index contributed by atoms with van der Waals surface area (Å²) in [6, 6.07) is 6.59. The van der Waals surface area contributed by atoms with Crippen LogP contribution in [0.15, 0.2) is 30.6 Å². The number of amides is 1. The number of aromatic nitrogens is 4. The summed E-state index contributed by atoms with van der Waals surface area (Å²) in [6.07, 6.45) is 1.50. The van der Waals surface area contributed by atoms with Gasteiger partial charge in [-0.3, -0.25) is 4.79 Å². The first-order valence-corrected chi connectivity index (χ1v) is 5.06. The highest BCUT2D eigenvalue weighted by Crippen LogP contribution is 2.11. The number of nitrogens with zero attached hydrogens (tertiary/aromatic N) is 4. The third-order valence-corrected chi connectivity index (χ3v) is 2.16. The molecule has 3 N–H and O–H groups in total. The molecule has 0 spiro atoms. The van der Waals surface area contributed by atoms with Crippen LogP contribution in [0.4, 0.5) is 5.69 Å². The Balaban J connectivity index is 2.11. The van der Waals surface area contributed by atoms with Crippen molar-refractivity contribution in [3.63, 3.8) is 0 Å². The molecule has 1 heterocycles. The molecule has 17 heavy (non-hydrogen) atoms. The molecule has 2 aromatic rings. The second kappa shape index (κ2) is 4.71. The molecule has 1 unspecified atom stereocenters. The molecule has 0 aliphatic carbocycles. The summed E-state index contributed by atoms with van der Waals surface area (Å²) < 4.78 is 1.52. The molecule has 1 amide bonds. The number of tetrazole rings is 1. The van der Waals surface area contributed by atoms with Crippen LogP contribution in [0.2, 0.25) is 0 Å². The Hall–Kier alpha value is -2.28. The van der Waals surface area contributed by atoms with E-state index >= 15 is 0 Å².